The lowest BCUT2D eigenvalue weighted by Crippen LogP contribution is -2.43. The van der Waals surface area contributed by atoms with Gasteiger partial charge in [-0.2, -0.15) is 4.65 Å². The number of hydrogen-bond acceptors (Lipinski definition) is 1. The van der Waals surface area contributed by atoms with Gasteiger partial charge in [-0.3, -0.25) is 0 Å². The van der Waals surface area contributed by atoms with Gasteiger partial charge in [-0.15, -0.1) is 0 Å². The van der Waals surface area contributed by atoms with Crippen LogP contribution in [0.25, 0.3) is 0 Å². The molecule has 0 spiro atoms. The summed E-state index contributed by atoms with van der Waals surface area (Å²) in [6.45, 7) is 9.20. The number of quaternary nitrogens is 1. The molecule has 2 heteroatoms. The Hall–Kier alpha value is -0.0800. The van der Waals surface area contributed by atoms with Crippen LogP contribution in [0.2, 0.25) is 0 Å². The highest BCUT2D eigenvalue weighted by molar-refractivity contribution is 4.14. The van der Waals surface area contributed by atoms with Crippen LogP contribution in [-0.2, 0) is 4.84 Å². The molecular formula is C7H18NO+. The second-order valence-corrected chi connectivity index (χ2v) is 2.35. The van der Waals surface area contributed by atoms with Crippen molar-refractivity contribution in [1.82, 2.24) is 0 Å². The van der Waals surface area contributed by atoms with Crippen LogP contribution >= 0.6 is 0 Å². The first-order chi connectivity index (χ1) is 4.18. The van der Waals surface area contributed by atoms with Crippen LogP contribution in [0.1, 0.15) is 20.8 Å². The highest BCUT2D eigenvalue weighted by atomic mass is 16.7. The Morgan fingerprint density at radius 3 is 1.67 bits per heavy atom. The summed E-state index contributed by atoms with van der Waals surface area (Å²) in [5.74, 6) is 0. The first-order valence-electron chi connectivity index (χ1n) is 3.67. The van der Waals surface area contributed by atoms with E-state index in [1.165, 1.54) is 0 Å². The fourth-order valence-electron chi connectivity index (χ4n) is 0.718. The lowest BCUT2D eigenvalue weighted by atomic mass is 10.5. The lowest BCUT2D eigenvalue weighted by molar-refractivity contribution is -1.09. The molecule has 0 atom stereocenters. The molecule has 0 aliphatic heterocycles. The van der Waals surface area contributed by atoms with Gasteiger partial charge in [0.05, 0.1) is 7.05 Å². The Bertz CT molecular complexity index is 69.3. The van der Waals surface area contributed by atoms with Crippen molar-refractivity contribution < 1.29 is 9.48 Å². The Labute approximate surface area is 58.0 Å². The van der Waals surface area contributed by atoms with Crippen LogP contribution in [0.15, 0.2) is 0 Å². The number of rotatable bonds is 4. The van der Waals surface area contributed by atoms with E-state index in [0.29, 0.717) is 0 Å². The van der Waals surface area contributed by atoms with E-state index in [0.717, 1.165) is 24.3 Å². The maximum Gasteiger partial charge on any atom is 0.106 e. The van der Waals surface area contributed by atoms with E-state index in [4.69, 9.17) is 4.84 Å². The van der Waals surface area contributed by atoms with Crippen molar-refractivity contribution in [3.05, 3.63) is 0 Å². The zero-order valence-corrected chi connectivity index (χ0v) is 6.98. The van der Waals surface area contributed by atoms with Gasteiger partial charge in [0.1, 0.15) is 19.7 Å². The average Bonchev–Trinajstić information content (AvgIpc) is 1.89. The fraction of sp³-hybridized carbons (Fsp3) is 1.00. The highest BCUT2D eigenvalue weighted by Crippen LogP contribution is 2.00. The van der Waals surface area contributed by atoms with Crippen molar-refractivity contribution in [2.75, 3.05) is 26.7 Å². The molecule has 0 aromatic rings. The Kier molecular flexibility index (Phi) is 3.82. The maximum atomic E-state index is 5.47. The normalized spacial score (nSPS) is 12.0. The van der Waals surface area contributed by atoms with E-state index in [2.05, 4.69) is 20.9 Å². The van der Waals surface area contributed by atoms with Gasteiger partial charge >= 0.3 is 0 Å². The summed E-state index contributed by atoms with van der Waals surface area (Å²) < 4.78 is 0.733. The van der Waals surface area contributed by atoms with Crippen molar-refractivity contribution in [3.8, 4) is 0 Å². The van der Waals surface area contributed by atoms with Gasteiger partial charge in [-0.25, -0.2) is 4.84 Å². The van der Waals surface area contributed by atoms with Crippen molar-refractivity contribution in [2.24, 2.45) is 0 Å². The molecule has 0 radical (unpaired) electrons. The van der Waals surface area contributed by atoms with Gasteiger partial charge in [-0.1, -0.05) is 0 Å². The molecule has 56 valence electrons. The van der Waals surface area contributed by atoms with Crippen LogP contribution < -0.4 is 0 Å². The first kappa shape index (κ1) is 8.92. The molecule has 0 rings (SSSR count). The van der Waals surface area contributed by atoms with Crippen molar-refractivity contribution >= 4 is 0 Å². The maximum absolute atomic E-state index is 5.47. The summed E-state index contributed by atoms with van der Waals surface area (Å²) in [5.41, 5.74) is 0. The smallest absolute Gasteiger partial charge is 0.106 e. The third-order valence-electron chi connectivity index (χ3n) is 1.78. The summed E-state index contributed by atoms with van der Waals surface area (Å²) >= 11 is 0. The standard InChI is InChI=1S/C7H18NO/c1-5-8(4,6-2)9-7-3/h5-7H2,1-4H3/q+1. The minimum Gasteiger partial charge on any atom is -0.203 e. The van der Waals surface area contributed by atoms with Crippen molar-refractivity contribution in [1.29, 1.82) is 0 Å². The van der Waals surface area contributed by atoms with E-state index >= 15 is 0 Å². The molecule has 0 aromatic carbocycles. The average molecular weight is 132 g/mol. The topological polar surface area (TPSA) is 9.23 Å². The van der Waals surface area contributed by atoms with Crippen LogP contribution in [0.5, 0.6) is 0 Å². The number of nitrogens with zero attached hydrogens (tertiary/aromatic N) is 1. The molecule has 0 saturated heterocycles. The summed E-state index contributed by atoms with van der Waals surface area (Å²) in [6.07, 6.45) is 0. The number of hydroxylamine groups is 3. The zero-order valence-electron chi connectivity index (χ0n) is 6.98. The molecule has 0 amide bonds. The molecule has 0 aliphatic carbocycles. The third-order valence-corrected chi connectivity index (χ3v) is 1.78. The minimum atomic E-state index is 0.733. The predicted octanol–water partition coefficient (Wildman–Crippen LogP) is 1.42. The monoisotopic (exact) mass is 132 g/mol. The van der Waals surface area contributed by atoms with Crippen LogP contribution in [0.4, 0.5) is 0 Å². The Morgan fingerprint density at radius 1 is 1.11 bits per heavy atom. The van der Waals surface area contributed by atoms with Gasteiger partial charge in [0.2, 0.25) is 0 Å². The summed E-state index contributed by atoms with van der Waals surface area (Å²) in [5, 5.41) is 0. The minimum absolute atomic E-state index is 0.733. The zero-order chi connectivity index (χ0) is 7.33. The molecule has 0 N–H and O–H groups in total. The van der Waals surface area contributed by atoms with E-state index in [1.807, 2.05) is 6.92 Å². The molecule has 0 bridgehead atoms. The van der Waals surface area contributed by atoms with E-state index in [9.17, 15) is 0 Å². The van der Waals surface area contributed by atoms with Crippen molar-refractivity contribution in [2.45, 2.75) is 20.8 Å². The number of hydrogen-bond donors (Lipinski definition) is 0. The summed E-state index contributed by atoms with van der Waals surface area (Å²) in [7, 11) is 2.10. The van der Waals surface area contributed by atoms with E-state index in [1.54, 1.807) is 0 Å². The molecule has 0 heterocycles. The van der Waals surface area contributed by atoms with Gasteiger partial charge in [0, 0.05) is 0 Å². The molecule has 0 aliphatic rings. The van der Waals surface area contributed by atoms with Crippen molar-refractivity contribution in [3.63, 3.8) is 0 Å². The Balaban J connectivity index is 3.62. The molecule has 0 unspecified atom stereocenters. The fourth-order valence-corrected chi connectivity index (χ4v) is 0.718. The van der Waals surface area contributed by atoms with Gasteiger partial charge < -0.3 is 0 Å². The van der Waals surface area contributed by atoms with Gasteiger partial charge in [0.25, 0.3) is 0 Å². The largest absolute Gasteiger partial charge is 0.203 e. The summed E-state index contributed by atoms with van der Waals surface area (Å²) in [6, 6.07) is 0. The third kappa shape index (κ3) is 2.82. The SMILES string of the molecule is CCO[N+](C)(CC)CC. The second-order valence-electron chi connectivity index (χ2n) is 2.35. The predicted molar refractivity (Wildman–Crippen MR) is 38.9 cm³/mol. The van der Waals surface area contributed by atoms with Gasteiger partial charge in [-0.05, 0) is 20.8 Å². The lowest BCUT2D eigenvalue weighted by Gasteiger charge is -2.28. The Morgan fingerprint density at radius 2 is 1.56 bits per heavy atom. The molecule has 0 saturated carbocycles. The first-order valence-corrected chi connectivity index (χ1v) is 3.67. The molecule has 0 aromatic heterocycles. The van der Waals surface area contributed by atoms with Crippen LogP contribution in [0.3, 0.4) is 0 Å². The van der Waals surface area contributed by atoms with E-state index < -0.39 is 0 Å². The molecule has 2 nitrogen and oxygen atoms in total. The van der Waals surface area contributed by atoms with Crippen LogP contribution in [-0.4, -0.2) is 31.4 Å². The summed E-state index contributed by atoms with van der Waals surface area (Å²) in [4.78, 5) is 5.47. The van der Waals surface area contributed by atoms with E-state index in [-0.39, 0.29) is 0 Å². The molecule has 0 fully saturated rings. The highest BCUT2D eigenvalue weighted by Gasteiger charge is 2.15. The quantitative estimate of drug-likeness (QED) is 0.415. The molecule has 9 heavy (non-hydrogen) atoms. The van der Waals surface area contributed by atoms with Crippen LogP contribution in [0, 0.1) is 0 Å². The molecular weight excluding hydrogens is 114 g/mol. The van der Waals surface area contributed by atoms with Gasteiger partial charge in [0.15, 0.2) is 0 Å². The second kappa shape index (κ2) is 3.85.